The molecule has 0 spiro atoms. The molecule has 4 aromatic rings. The van der Waals surface area contributed by atoms with Crippen molar-refractivity contribution < 1.29 is 61.1 Å². The number of sulfonamides is 1. The summed E-state index contributed by atoms with van der Waals surface area (Å²) in [5.74, 6) is -1.41. The van der Waals surface area contributed by atoms with Crippen molar-refractivity contribution in [2.45, 2.75) is 59.5 Å². The first-order valence-corrected chi connectivity index (χ1v) is 24.7. The third kappa shape index (κ3) is 11.7. The Bertz CT molecular complexity index is 2780. The van der Waals surface area contributed by atoms with Crippen LogP contribution >= 0.6 is 0 Å². The lowest BCUT2D eigenvalue weighted by Gasteiger charge is -2.26. The second-order valence-corrected chi connectivity index (χ2v) is 21.1. The number of nitrogens with one attached hydrogen (secondary N) is 2. The second kappa shape index (κ2) is 18.9. The second-order valence-electron chi connectivity index (χ2n) is 14.1. The van der Waals surface area contributed by atoms with Crippen LogP contribution in [0.1, 0.15) is 59.5 Å². The summed E-state index contributed by atoms with van der Waals surface area (Å²) in [4.78, 5) is 25.6. The number of methoxy groups -OCH3 is 1. The molecular weight excluding hydrogens is 875 g/mol. The van der Waals surface area contributed by atoms with Gasteiger partial charge in [-0.2, -0.15) is 21.1 Å². The standard InChI is InChI=1S/C40H45N3O14S4/c1-26(2)56-60(50,51)36-24-32(41-39(44)30-11-16-34(17-12-30)58(6,46)47)14-9-28(36)7-8-29-10-15-33(25-37(29)61(52,53)57-27(3)4)42-40(45)31-13-18-35(54-5)38(23-31)59(48,49)43-19-21-55-22-20-43/h7-18,23-27H,19-22H2,1-6H3,(H,41,44)(H,42,45)/b8-7+. The summed E-state index contributed by atoms with van der Waals surface area (Å²) in [6, 6.07) is 16.8. The molecule has 1 saturated heterocycles. The van der Waals surface area contributed by atoms with Crippen molar-refractivity contribution in [2.75, 3.05) is 50.3 Å². The molecule has 21 heteroatoms. The monoisotopic (exact) mass is 919 g/mol. The van der Waals surface area contributed by atoms with Gasteiger partial charge in [-0.05, 0) is 106 Å². The van der Waals surface area contributed by atoms with Crippen LogP contribution in [0.15, 0.2) is 98.4 Å². The van der Waals surface area contributed by atoms with Crippen LogP contribution in [0.2, 0.25) is 0 Å². The molecule has 61 heavy (non-hydrogen) atoms. The van der Waals surface area contributed by atoms with E-state index >= 15 is 0 Å². The molecular formula is C40H45N3O14S4. The fraction of sp³-hybridized carbons (Fsp3) is 0.300. The van der Waals surface area contributed by atoms with Gasteiger partial charge < -0.3 is 20.1 Å². The maximum atomic E-state index is 13.6. The molecule has 0 radical (unpaired) electrons. The number of nitrogens with zero attached hydrogens (tertiary/aromatic N) is 1. The number of carbonyl (C=O) groups excluding carboxylic acids is 2. The lowest BCUT2D eigenvalue weighted by atomic mass is 10.1. The average molecular weight is 920 g/mol. The minimum Gasteiger partial charge on any atom is -0.495 e. The van der Waals surface area contributed by atoms with Crippen molar-refractivity contribution in [2.24, 2.45) is 0 Å². The topological polar surface area (TPSA) is 235 Å². The Kier molecular flexibility index (Phi) is 14.6. The Balaban J connectivity index is 1.49. The third-order valence-electron chi connectivity index (χ3n) is 8.72. The van der Waals surface area contributed by atoms with Crippen LogP contribution in [0, 0.1) is 0 Å². The van der Waals surface area contributed by atoms with Gasteiger partial charge in [-0.25, -0.2) is 16.8 Å². The highest BCUT2D eigenvalue weighted by atomic mass is 32.2. The molecule has 0 saturated carbocycles. The lowest BCUT2D eigenvalue weighted by molar-refractivity contribution is 0.0729. The van der Waals surface area contributed by atoms with Crippen LogP contribution in [0.25, 0.3) is 12.2 Å². The SMILES string of the molecule is COc1ccc(C(=O)Nc2ccc(/C=C/c3ccc(NC(=O)c4ccc(S(C)(=O)=O)cc4)cc3S(=O)(=O)OC(C)C)c(S(=O)(=O)OC(C)C)c2)cc1S(=O)(=O)N1CCOCC1. The van der Waals surface area contributed by atoms with Gasteiger partial charge in [-0.15, -0.1) is 0 Å². The summed E-state index contributed by atoms with van der Waals surface area (Å²) in [6.07, 6.45) is 2.09. The lowest BCUT2D eigenvalue weighted by Crippen LogP contribution is -2.40. The average Bonchev–Trinajstić information content (AvgIpc) is 3.19. The molecule has 17 nitrogen and oxygen atoms in total. The highest BCUT2D eigenvalue weighted by Gasteiger charge is 2.31. The van der Waals surface area contributed by atoms with Crippen molar-refractivity contribution in [3.63, 3.8) is 0 Å². The van der Waals surface area contributed by atoms with Crippen LogP contribution in [-0.4, -0.2) is 102 Å². The Hall–Kier alpha value is -5.00. The van der Waals surface area contributed by atoms with E-state index in [0.29, 0.717) is 0 Å². The van der Waals surface area contributed by atoms with E-state index in [1.807, 2.05) is 0 Å². The first-order chi connectivity index (χ1) is 28.5. The molecule has 0 aromatic heterocycles. The van der Waals surface area contributed by atoms with Crippen LogP contribution in [0.5, 0.6) is 5.75 Å². The minimum atomic E-state index is -4.51. The van der Waals surface area contributed by atoms with Gasteiger partial charge in [0.15, 0.2) is 9.84 Å². The third-order valence-corrected chi connectivity index (χ3v) is 14.8. The molecule has 0 atom stereocenters. The van der Waals surface area contributed by atoms with Gasteiger partial charge in [0.25, 0.3) is 32.1 Å². The number of morpholine rings is 1. The highest BCUT2D eigenvalue weighted by Crippen LogP contribution is 2.31. The number of anilines is 2. The number of benzene rings is 4. The van der Waals surface area contributed by atoms with Crippen LogP contribution in [0.3, 0.4) is 0 Å². The normalized spacial score (nSPS) is 14.4. The molecule has 0 unspecified atom stereocenters. The van der Waals surface area contributed by atoms with Crippen molar-refractivity contribution >= 4 is 75.4 Å². The van der Waals surface area contributed by atoms with E-state index in [2.05, 4.69) is 10.6 Å². The summed E-state index contributed by atoms with van der Waals surface area (Å²) >= 11 is 0. The van der Waals surface area contributed by atoms with Gasteiger partial charge in [-0.3, -0.25) is 18.0 Å². The molecule has 0 bridgehead atoms. The van der Waals surface area contributed by atoms with Crippen molar-refractivity contribution in [3.05, 3.63) is 101 Å². The number of hydrogen-bond acceptors (Lipinski definition) is 14. The molecule has 2 N–H and O–H groups in total. The number of carbonyl (C=O) groups is 2. The van der Waals surface area contributed by atoms with Gasteiger partial charge in [-0.1, -0.05) is 24.3 Å². The number of ether oxygens (including phenoxy) is 2. The van der Waals surface area contributed by atoms with Crippen LogP contribution in [-0.2, 0) is 53.2 Å². The fourth-order valence-electron chi connectivity index (χ4n) is 5.93. The predicted octanol–water partition coefficient (Wildman–Crippen LogP) is 5.02. The number of sulfone groups is 1. The first-order valence-electron chi connectivity index (χ1n) is 18.5. The zero-order chi connectivity index (χ0) is 44.9. The van der Waals surface area contributed by atoms with E-state index < -0.39 is 69.0 Å². The van der Waals surface area contributed by atoms with Crippen LogP contribution in [0.4, 0.5) is 11.4 Å². The zero-order valence-electron chi connectivity index (χ0n) is 33.9. The zero-order valence-corrected chi connectivity index (χ0v) is 37.2. The van der Waals surface area contributed by atoms with Crippen molar-refractivity contribution in [3.8, 4) is 5.75 Å². The number of hydrogen-bond donors (Lipinski definition) is 2. The Labute approximate surface area is 355 Å². The minimum absolute atomic E-state index is 0.00105. The van der Waals surface area contributed by atoms with Gasteiger partial charge in [0.05, 0.1) is 37.4 Å². The molecule has 1 heterocycles. The fourth-order valence-corrected chi connectivity index (χ4v) is 10.8. The number of amides is 2. The molecule has 328 valence electrons. The molecule has 1 aliphatic rings. The van der Waals surface area contributed by atoms with Gasteiger partial charge >= 0.3 is 0 Å². The quantitative estimate of drug-likeness (QED) is 0.111. The van der Waals surface area contributed by atoms with E-state index in [1.54, 1.807) is 0 Å². The Morgan fingerprint density at radius 2 is 1.10 bits per heavy atom. The van der Waals surface area contributed by atoms with Crippen molar-refractivity contribution in [1.82, 2.24) is 4.31 Å². The predicted molar refractivity (Wildman–Crippen MR) is 227 cm³/mol. The number of rotatable bonds is 16. The van der Waals surface area contributed by atoms with Gasteiger partial charge in [0, 0.05) is 41.8 Å². The maximum Gasteiger partial charge on any atom is 0.297 e. The molecule has 1 fully saturated rings. The van der Waals surface area contributed by atoms with Gasteiger partial charge in [0.1, 0.15) is 20.4 Å². The maximum absolute atomic E-state index is 13.6. The largest absolute Gasteiger partial charge is 0.495 e. The molecule has 0 aliphatic carbocycles. The van der Waals surface area contributed by atoms with Gasteiger partial charge in [0.2, 0.25) is 10.0 Å². The first kappa shape index (κ1) is 47.1. The summed E-state index contributed by atoms with van der Waals surface area (Å²) < 4.78 is 127. The van der Waals surface area contributed by atoms with E-state index in [-0.39, 0.29) is 80.4 Å². The summed E-state index contributed by atoms with van der Waals surface area (Å²) in [5, 5.41) is 5.19. The highest BCUT2D eigenvalue weighted by molar-refractivity contribution is 7.90. The van der Waals surface area contributed by atoms with E-state index in [9.17, 15) is 43.3 Å². The summed E-state index contributed by atoms with van der Waals surface area (Å²) in [6.45, 7) is 6.63. The van der Waals surface area contributed by atoms with E-state index in [4.69, 9.17) is 17.8 Å². The summed E-state index contributed by atoms with van der Waals surface area (Å²) in [5.41, 5.74) is 0.162. The van der Waals surface area contributed by atoms with Crippen LogP contribution < -0.4 is 15.4 Å². The summed E-state index contributed by atoms with van der Waals surface area (Å²) in [7, 11) is -15.3. The molecule has 1 aliphatic heterocycles. The van der Waals surface area contributed by atoms with Crippen molar-refractivity contribution in [1.29, 1.82) is 0 Å². The Morgan fingerprint density at radius 3 is 1.54 bits per heavy atom. The molecule has 4 aromatic carbocycles. The Morgan fingerprint density at radius 1 is 0.639 bits per heavy atom. The van der Waals surface area contributed by atoms with E-state index in [1.165, 1.54) is 118 Å². The molecule has 5 rings (SSSR count). The van der Waals surface area contributed by atoms with E-state index in [0.717, 1.165) is 18.4 Å². The molecule has 2 amide bonds. The smallest absolute Gasteiger partial charge is 0.297 e.